The molecule has 0 saturated heterocycles. The van der Waals surface area contributed by atoms with Crippen molar-refractivity contribution >= 4 is 15.9 Å². The van der Waals surface area contributed by atoms with Gasteiger partial charge in [-0.3, -0.25) is 9.52 Å². The zero-order chi connectivity index (χ0) is 23.0. The predicted octanol–water partition coefficient (Wildman–Crippen LogP) is 5.30. The largest absolute Gasteiger partial charge is 0.310 e. The quantitative estimate of drug-likeness (QED) is 0.495. The summed E-state index contributed by atoms with van der Waals surface area (Å²) in [5, 5.41) is 3.59. The lowest BCUT2D eigenvalue weighted by Crippen LogP contribution is -2.34. The van der Waals surface area contributed by atoms with Crippen molar-refractivity contribution in [2.75, 3.05) is 0 Å². The fourth-order valence-electron chi connectivity index (χ4n) is 5.41. The number of sulfonamides is 1. The highest BCUT2D eigenvalue weighted by atomic mass is 32.2. The van der Waals surface area contributed by atoms with Crippen LogP contribution < -0.4 is 10.0 Å². The SMILES string of the molecule is CC1CCC(CC(=O)NS(=O)(=O)Cc2ccccc2CNC(C)CC2CCCCC2)CC1. The van der Waals surface area contributed by atoms with Crippen LogP contribution in [-0.4, -0.2) is 20.4 Å². The van der Waals surface area contributed by atoms with Gasteiger partial charge in [-0.25, -0.2) is 8.42 Å². The minimum atomic E-state index is -3.71. The normalized spacial score (nSPS) is 23.6. The molecule has 3 rings (SSSR count). The molecule has 0 aliphatic heterocycles. The maximum absolute atomic E-state index is 12.7. The third kappa shape index (κ3) is 8.51. The number of nitrogens with one attached hydrogen (secondary N) is 2. The Morgan fingerprint density at radius 1 is 0.969 bits per heavy atom. The molecule has 1 unspecified atom stereocenters. The first-order valence-corrected chi connectivity index (χ1v) is 14.3. The Bertz CT molecular complexity index is 825. The van der Waals surface area contributed by atoms with Crippen LogP contribution in [0.5, 0.6) is 0 Å². The summed E-state index contributed by atoms with van der Waals surface area (Å²) in [7, 11) is -3.71. The summed E-state index contributed by atoms with van der Waals surface area (Å²) in [6, 6.07) is 8.05. The Morgan fingerprint density at radius 2 is 1.62 bits per heavy atom. The summed E-state index contributed by atoms with van der Waals surface area (Å²) in [6.45, 7) is 5.11. The molecule has 1 atom stereocenters. The van der Waals surface area contributed by atoms with Gasteiger partial charge in [-0.1, -0.05) is 76.1 Å². The molecule has 2 N–H and O–H groups in total. The van der Waals surface area contributed by atoms with Crippen LogP contribution >= 0.6 is 0 Å². The molecular formula is C26H42N2O3S. The first-order chi connectivity index (χ1) is 15.3. The van der Waals surface area contributed by atoms with Gasteiger partial charge in [0.05, 0.1) is 5.75 Å². The number of benzene rings is 1. The lowest BCUT2D eigenvalue weighted by atomic mass is 9.81. The van der Waals surface area contributed by atoms with Gasteiger partial charge >= 0.3 is 0 Å². The maximum Gasteiger partial charge on any atom is 0.239 e. The van der Waals surface area contributed by atoms with Crippen molar-refractivity contribution in [1.82, 2.24) is 10.0 Å². The van der Waals surface area contributed by atoms with Crippen LogP contribution in [0.1, 0.15) is 95.6 Å². The lowest BCUT2D eigenvalue weighted by Gasteiger charge is -2.25. The third-order valence-electron chi connectivity index (χ3n) is 7.40. The van der Waals surface area contributed by atoms with E-state index in [1.165, 1.54) is 38.5 Å². The van der Waals surface area contributed by atoms with E-state index in [0.29, 0.717) is 30.8 Å². The van der Waals surface area contributed by atoms with E-state index in [2.05, 4.69) is 23.9 Å². The van der Waals surface area contributed by atoms with Gasteiger partial charge in [0.15, 0.2) is 0 Å². The van der Waals surface area contributed by atoms with Gasteiger partial charge in [-0.2, -0.15) is 0 Å². The molecule has 5 nitrogen and oxygen atoms in total. The molecule has 32 heavy (non-hydrogen) atoms. The summed E-state index contributed by atoms with van der Waals surface area (Å²) in [4.78, 5) is 12.4. The zero-order valence-electron chi connectivity index (χ0n) is 19.9. The molecule has 2 fully saturated rings. The Kier molecular flexibility index (Phi) is 9.60. The summed E-state index contributed by atoms with van der Waals surface area (Å²) in [6.07, 6.45) is 12.5. The van der Waals surface area contributed by atoms with E-state index in [1.54, 1.807) is 0 Å². The molecule has 0 heterocycles. The first kappa shape index (κ1) is 25.2. The maximum atomic E-state index is 12.7. The molecule has 1 amide bonds. The van der Waals surface area contributed by atoms with Gasteiger partial charge in [0.1, 0.15) is 0 Å². The number of carbonyl (C=O) groups excluding carboxylic acids is 1. The van der Waals surface area contributed by atoms with Crippen LogP contribution in [-0.2, 0) is 27.1 Å². The van der Waals surface area contributed by atoms with Gasteiger partial charge in [0.25, 0.3) is 0 Å². The van der Waals surface area contributed by atoms with Crippen molar-refractivity contribution in [2.45, 2.75) is 103 Å². The van der Waals surface area contributed by atoms with Crippen molar-refractivity contribution in [1.29, 1.82) is 0 Å². The van der Waals surface area contributed by atoms with Gasteiger partial charge < -0.3 is 5.32 Å². The molecule has 0 spiro atoms. The number of carbonyl (C=O) groups is 1. The van der Waals surface area contributed by atoms with E-state index in [1.807, 2.05) is 24.3 Å². The molecule has 0 aromatic heterocycles. The van der Waals surface area contributed by atoms with E-state index in [9.17, 15) is 13.2 Å². The number of hydrogen-bond donors (Lipinski definition) is 2. The number of amides is 1. The van der Waals surface area contributed by atoms with E-state index in [0.717, 1.165) is 42.7 Å². The molecule has 2 aliphatic rings. The molecule has 1 aromatic carbocycles. The summed E-state index contributed by atoms with van der Waals surface area (Å²) >= 11 is 0. The van der Waals surface area contributed by atoms with Crippen LogP contribution in [0.3, 0.4) is 0 Å². The monoisotopic (exact) mass is 462 g/mol. The Hall–Kier alpha value is -1.40. The molecule has 1 aromatic rings. The highest BCUT2D eigenvalue weighted by Gasteiger charge is 2.24. The molecule has 2 saturated carbocycles. The third-order valence-corrected chi connectivity index (χ3v) is 8.63. The fraction of sp³-hybridized carbons (Fsp3) is 0.731. The van der Waals surface area contributed by atoms with E-state index in [4.69, 9.17) is 0 Å². The average Bonchev–Trinajstić information content (AvgIpc) is 2.75. The summed E-state index contributed by atoms with van der Waals surface area (Å²) in [5.74, 6) is 1.32. The van der Waals surface area contributed by atoms with Crippen LogP contribution in [0.2, 0.25) is 0 Å². The van der Waals surface area contributed by atoms with Gasteiger partial charge in [-0.05, 0) is 55.1 Å². The summed E-state index contributed by atoms with van der Waals surface area (Å²) in [5.41, 5.74) is 1.75. The molecule has 180 valence electrons. The van der Waals surface area contributed by atoms with Gasteiger partial charge in [0, 0.05) is 19.0 Å². The second-order valence-electron chi connectivity index (χ2n) is 10.4. The Morgan fingerprint density at radius 3 is 2.31 bits per heavy atom. The average molecular weight is 463 g/mol. The predicted molar refractivity (Wildman–Crippen MR) is 130 cm³/mol. The molecule has 2 aliphatic carbocycles. The minimum Gasteiger partial charge on any atom is -0.310 e. The molecular weight excluding hydrogens is 420 g/mol. The second kappa shape index (κ2) is 12.2. The number of rotatable bonds is 10. The highest BCUT2D eigenvalue weighted by Crippen LogP contribution is 2.30. The molecule has 6 heteroatoms. The highest BCUT2D eigenvalue weighted by molar-refractivity contribution is 7.89. The van der Waals surface area contributed by atoms with Gasteiger partial charge in [0.2, 0.25) is 15.9 Å². The van der Waals surface area contributed by atoms with E-state index in [-0.39, 0.29) is 11.7 Å². The van der Waals surface area contributed by atoms with Crippen LogP contribution in [0.15, 0.2) is 24.3 Å². The standard InChI is InChI=1S/C26H42N2O3S/c1-20-12-14-23(15-13-20)17-26(29)28-32(30,31)19-25-11-7-6-10-24(25)18-27-21(2)16-22-8-4-3-5-9-22/h6-7,10-11,20-23,27H,3-5,8-9,12-19H2,1-2H3,(H,28,29). The van der Waals surface area contributed by atoms with Gasteiger partial charge in [-0.15, -0.1) is 0 Å². The molecule has 0 bridgehead atoms. The zero-order valence-corrected chi connectivity index (χ0v) is 20.8. The van der Waals surface area contributed by atoms with Crippen LogP contribution in [0.25, 0.3) is 0 Å². The van der Waals surface area contributed by atoms with E-state index >= 15 is 0 Å². The summed E-state index contributed by atoms with van der Waals surface area (Å²) < 4.78 is 27.7. The van der Waals surface area contributed by atoms with Crippen LogP contribution in [0, 0.1) is 17.8 Å². The van der Waals surface area contributed by atoms with Crippen molar-refractivity contribution in [3.05, 3.63) is 35.4 Å². The Labute approximate surface area is 195 Å². The second-order valence-corrected chi connectivity index (χ2v) is 12.1. The van der Waals surface area contributed by atoms with Crippen LogP contribution in [0.4, 0.5) is 0 Å². The van der Waals surface area contributed by atoms with E-state index < -0.39 is 10.0 Å². The smallest absolute Gasteiger partial charge is 0.239 e. The van der Waals surface area contributed by atoms with Crippen molar-refractivity contribution in [3.8, 4) is 0 Å². The van der Waals surface area contributed by atoms with Crippen molar-refractivity contribution < 1.29 is 13.2 Å². The Balaban J connectivity index is 1.49. The lowest BCUT2D eigenvalue weighted by molar-refractivity contribution is -0.120. The topological polar surface area (TPSA) is 75.3 Å². The minimum absolute atomic E-state index is 0.157. The first-order valence-electron chi connectivity index (χ1n) is 12.6. The van der Waals surface area contributed by atoms with Crippen molar-refractivity contribution in [3.63, 3.8) is 0 Å². The van der Waals surface area contributed by atoms with Crippen molar-refractivity contribution in [2.24, 2.45) is 17.8 Å². The molecule has 0 radical (unpaired) electrons. The fourth-order valence-corrected chi connectivity index (χ4v) is 6.61. The number of hydrogen-bond acceptors (Lipinski definition) is 4.